The van der Waals surface area contributed by atoms with Crippen LogP contribution in [0.15, 0.2) is 59.6 Å². The van der Waals surface area contributed by atoms with Crippen LogP contribution in [0.4, 0.5) is 5.69 Å². The third-order valence-corrected chi connectivity index (χ3v) is 3.67. The van der Waals surface area contributed by atoms with E-state index in [4.69, 9.17) is 0 Å². The Morgan fingerprint density at radius 2 is 1.74 bits per heavy atom. The summed E-state index contributed by atoms with van der Waals surface area (Å²) in [6.07, 6.45) is 0. The molecule has 0 saturated carbocycles. The molecule has 3 rings (SSSR count). The van der Waals surface area contributed by atoms with E-state index >= 15 is 0 Å². The highest BCUT2D eigenvalue weighted by atomic mass is 16.2. The minimum atomic E-state index is -0.724. The van der Waals surface area contributed by atoms with Gasteiger partial charge in [-0.05, 0) is 24.6 Å². The summed E-state index contributed by atoms with van der Waals surface area (Å²) in [7, 11) is 0. The Hall–Kier alpha value is -2.95. The standard InChI is InChI=1S/C18H17N3O2/c1-12-8-10-15(11-9-12)21-18(23)16(14-6-4-3-5-7-14)19-17(20-21)13(2)22/h3-11,16H,1-2H3,(H,19,20). The van der Waals surface area contributed by atoms with Crippen molar-refractivity contribution in [2.45, 2.75) is 19.9 Å². The first-order valence-electron chi connectivity index (χ1n) is 7.37. The first-order chi connectivity index (χ1) is 11.1. The number of amides is 1. The second-order valence-corrected chi connectivity index (χ2v) is 5.47. The molecular weight excluding hydrogens is 290 g/mol. The third-order valence-electron chi connectivity index (χ3n) is 3.67. The van der Waals surface area contributed by atoms with Crippen LogP contribution in [0.5, 0.6) is 0 Å². The minimum Gasteiger partial charge on any atom is -0.291 e. The lowest BCUT2D eigenvalue weighted by molar-refractivity contribution is -0.120. The van der Waals surface area contributed by atoms with Crippen LogP contribution in [0.2, 0.25) is 0 Å². The summed E-state index contributed by atoms with van der Waals surface area (Å²) in [6, 6.07) is 16.0. The molecule has 116 valence electrons. The van der Waals surface area contributed by atoms with Gasteiger partial charge in [0.15, 0.2) is 17.7 Å². The molecule has 0 aromatic heterocycles. The van der Waals surface area contributed by atoms with Crippen LogP contribution >= 0.6 is 0 Å². The van der Waals surface area contributed by atoms with Crippen molar-refractivity contribution in [1.82, 2.24) is 5.43 Å². The Balaban J connectivity index is 2.03. The van der Waals surface area contributed by atoms with Gasteiger partial charge in [0.05, 0.1) is 5.69 Å². The van der Waals surface area contributed by atoms with E-state index in [0.29, 0.717) is 5.69 Å². The van der Waals surface area contributed by atoms with Gasteiger partial charge in [0.25, 0.3) is 5.91 Å². The lowest BCUT2D eigenvalue weighted by atomic mass is 10.1. The van der Waals surface area contributed by atoms with Gasteiger partial charge >= 0.3 is 0 Å². The number of nitrogens with one attached hydrogen (secondary N) is 1. The number of aliphatic imine (C=N–C) groups is 1. The molecule has 0 aliphatic carbocycles. The second-order valence-electron chi connectivity index (χ2n) is 5.47. The number of nitrogens with zero attached hydrogens (tertiary/aromatic N) is 2. The summed E-state index contributed by atoms with van der Waals surface area (Å²) in [4.78, 5) is 28.9. The van der Waals surface area contributed by atoms with Gasteiger partial charge in [-0.2, -0.15) is 0 Å². The zero-order chi connectivity index (χ0) is 16.4. The summed E-state index contributed by atoms with van der Waals surface area (Å²) in [5.74, 6) is -0.250. The number of benzene rings is 2. The highest BCUT2D eigenvalue weighted by Gasteiger charge is 2.33. The number of carbonyl (C=O) groups excluding carboxylic acids is 2. The average molecular weight is 307 g/mol. The van der Waals surface area contributed by atoms with Gasteiger partial charge in [-0.25, -0.2) is 10.0 Å². The molecule has 0 fully saturated rings. The van der Waals surface area contributed by atoms with Crippen LogP contribution in [0.3, 0.4) is 0 Å². The molecule has 1 unspecified atom stereocenters. The molecule has 0 bridgehead atoms. The average Bonchev–Trinajstić information content (AvgIpc) is 2.56. The van der Waals surface area contributed by atoms with Crippen LogP contribution in [0, 0.1) is 6.92 Å². The quantitative estimate of drug-likeness (QED) is 0.948. The first-order valence-corrected chi connectivity index (χ1v) is 7.37. The highest BCUT2D eigenvalue weighted by molar-refractivity contribution is 6.39. The molecule has 0 saturated heterocycles. The Morgan fingerprint density at radius 1 is 1.09 bits per heavy atom. The highest BCUT2D eigenvalue weighted by Crippen LogP contribution is 2.26. The number of hydrogen-bond donors (Lipinski definition) is 1. The van der Waals surface area contributed by atoms with Gasteiger partial charge in [0.1, 0.15) is 0 Å². The van der Waals surface area contributed by atoms with Crippen LogP contribution in [-0.4, -0.2) is 17.5 Å². The van der Waals surface area contributed by atoms with Gasteiger partial charge in [-0.3, -0.25) is 15.0 Å². The molecule has 1 N–H and O–H groups in total. The fraction of sp³-hybridized carbons (Fsp3) is 0.167. The van der Waals surface area contributed by atoms with Gasteiger partial charge < -0.3 is 0 Å². The lowest BCUT2D eigenvalue weighted by Crippen LogP contribution is -2.54. The van der Waals surface area contributed by atoms with Crippen molar-refractivity contribution >= 4 is 23.2 Å². The maximum absolute atomic E-state index is 12.8. The van der Waals surface area contributed by atoms with E-state index in [1.165, 1.54) is 11.9 Å². The molecule has 2 aromatic rings. The Kier molecular flexibility index (Phi) is 3.93. The second kappa shape index (κ2) is 6.04. The number of amidine groups is 1. The number of rotatable bonds is 3. The van der Waals surface area contributed by atoms with Crippen molar-refractivity contribution in [2.24, 2.45) is 4.99 Å². The summed E-state index contributed by atoms with van der Waals surface area (Å²) in [5, 5.41) is 1.39. The largest absolute Gasteiger partial charge is 0.291 e. The predicted molar refractivity (Wildman–Crippen MR) is 89.1 cm³/mol. The van der Waals surface area contributed by atoms with Crippen LogP contribution in [0.1, 0.15) is 24.1 Å². The molecule has 1 amide bonds. The van der Waals surface area contributed by atoms with E-state index < -0.39 is 6.04 Å². The molecule has 1 atom stereocenters. The van der Waals surface area contributed by atoms with Crippen LogP contribution in [0.25, 0.3) is 0 Å². The van der Waals surface area contributed by atoms with E-state index in [0.717, 1.165) is 11.1 Å². The van der Waals surface area contributed by atoms with Crippen molar-refractivity contribution in [3.8, 4) is 0 Å². The van der Waals surface area contributed by atoms with Gasteiger partial charge in [-0.15, -0.1) is 0 Å². The van der Waals surface area contributed by atoms with Crippen molar-refractivity contribution in [2.75, 3.05) is 5.01 Å². The number of Topliss-reactive ketones (excluding diaryl/α,β-unsaturated/α-hetero) is 1. The molecular formula is C18H17N3O2. The van der Waals surface area contributed by atoms with Crippen molar-refractivity contribution in [3.05, 3.63) is 65.7 Å². The third kappa shape index (κ3) is 2.99. The number of hydrazine groups is 1. The smallest absolute Gasteiger partial charge is 0.275 e. The molecule has 0 radical (unpaired) electrons. The molecule has 0 spiro atoms. The van der Waals surface area contributed by atoms with E-state index in [9.17, 15) is 9.59 Å². The summed E-state index contributed by atoms with van der Waals surface area (Å²) in [5.41, 5.74) is 5.35. The fourth-order valence-corrected chi connectivity index (χ4v) is 2.40. The van der Waals surface area contributed by atoms with Gasteiger partial charge in [0.2, 0.25) is 0 Å². The number of ketones is 1. The first kappa shape index (κ1) is 15.0. The van der Waals surface area contributed by atoms with Crippen molar-refractivity contribution in [1.29, 1.82) is 0 Å². The Labute approximate surface area is 134 Å². The zero-order valence-corrected chi connectivity index (χ0v) is 13.0. The summed E-state index contributed by atoms with van der Waals surface area (Å²) >= 11 is 0. The van der Waals surface area contributed by atoms with E-state index in [1.807, 2.05) is 61.5 Å². The maximum atomic E-state index is 12.8. The van der Waals surface area contributed by atoms with Crippen LogP contribution < -0.4 is 10.4 Å². The fourth-order valence-electron chi connectivity index (χ4n) is 2.40. The number of anilines is 1. The topological polar surface area (TPSA) is 61.8 Å². The molecule has 5 nitrogen and oxygen atoms in total. The van der Waals surface area contributed by atoms with E-state index in [1.54, 1.807) is 0 Å². The molecule has 23 heavy (non-hydrogen) atoms. The number of aryl methyl sites for hydroxylation is 1. The normalized spacial score (nSPS) is 17.5. The molecule has 5 heteroatoms. The summed E-state index contributed by atoms with van der Waals surface area (Å²) < 4.78 is 0. The summed E-state index contributed by atoms with van der Waals surface area (Å²) in [6.45, 7) is 3.40. The lowest BCUT2D eigenvalue weighted by Gasteiger charge is -2.31. The Morgan fingerprint density at radius 3 is 2.35 bits per heavy atom. The predicted octanol–water partition coefficient (Wildman–Crippen LogP) is 2.58. The van der Waals surface area contributed by atoms with Gasteiger partial charge in [-0.1, -0.05) is 48.0 Å². The SMILES string of the molecule is CC(=O)C1=NC(c2ccccc2)C(=O)N(c2ccc(C)cc2)N1. The molecule has 1 aliphatic heterocycles. The van der Waals surface area contributed by atoms with Gasteiger partial charge in [0, 0.05) is 6.92 Å². The monoisotopic (exact) mass is 307 g/mol. The molecule has 1 aliphatic rings. The maximum Gasteiger partial charge on any atom is 0.275 e. The van der Waals surface area contributed by atoms with E-state index in [-0.39, 0.29) is 17.5 Å². The minimum absolute atomic E-state index is 0.180. The van der Waals surface area contributed by atoms with Crippen LogP contribution in [-0.2, 0) is 9.59 Å². The number of carbonyl (C=O) groups is 2. The van der Waals surface area contributed by atoms with Crippen molar-refractivity contribution < 1.29 is 9.59 Å². The molecule has 2 aromatic carbocycles. The zero-order valence-electron chi connectivity index (χ0n) is 13.0. The Bertz CT molecular complexity index is 767. The van der Waals surface area contributed by atoms with E-state index in [2.05, 4.69) is 10.4 Å². The number of hydrogen-bond acceptors (Lipinski definition) is 4. The van der Waals surface area contributed by atoms with Crippen molar-refractivity contribution in [3.63, 3.8) is 0 Å². The molecule has 1 heterocycles.